The number of hydrogen-bond acceptors (Lipinski definition) is 3. The number of aryl methyl sites for hydroxylation is 1. The molecule has 1 aliphatic heterocycles. The predicted molar refractivity (Wildman–Crippen MR) is 86.7 cm³/mol. The van der Waals surface area contributed by atoms with E-state index < -0.39 is 5.41 Å². The van der Waals surface area contributed by atoms with Crippen LogP contribution in [0.1, 0.15) is 31.9 Å². The Kier molecular flexibility index (Phi) is 4.57. The van der Waals surface area contributed by atoms with Crippen molar-refractivity contribution in [2.75, 3.05) is 5.75 Å². The minimum atomic E-state index is -0.422. The zero-order valence-electron chi connectivity index (χ0n) is 13.0. The number of nitrogens with zero attached hydrogens (tertiary/aromatic N) is 1. The van der Waals surface area contributed by atoms with Crippen molar-refractivity contribution < 1.29 is 9.59 Å². The number of benzene rings is 1. The van der Waals surface area contributed by atoms with Crippen LogP contribution in [0.5, 0.6) is 0 Å². The topological polar surface area (TPSA) is 37.4 Å². The van der Waals surface area contributed by atoms with E-state index in [4.69, 9.17) is 0 Å². The van der Waals surface area contributed by atoms with Gasteiger partial charge in [-0.2, -0.15) is 0 Å². The van der Waals surface area contributed by atoms with Gasteiger partial charge in [0, 0.05) is 11.5 Å². The molecule has 112 valence electrons. The molecule has 1 heterocycles. The zero-order chi connectivity index (χ0) is 15.6. The van der Waals surface area contributed by atoms with Crippen LogP contribution in [-0.2, 0) is 16.1 Å². The number of ketones is 1. The van der Waals surface area contributed by atoms with Gasteiger partial charge in [0.1, 0.15) is 0 Å². The lowest BCUT2D eigenvalue weighted by molar-refractivity contribution is -0.125. The van der Waals surface area contributed by atoms with Crippen molar-refractivity contribution in [1.29, 1.82) is 0 Å². The highest BCUT2D eigenvalue weighted by Gasteiger charge is 2.29. The number of hydrogen-bond donors (Lipinski definition) is 0. The molecule has 2 rings (SSSR count). The van der Waals surface area contributed by atoms with E-state index in [1.54, 1.807) is 11.0 Å². The number of carbonyl (C=O) groups is 2. The molecule has 0 unspecified atom stereocenters. The van der Waals surface area contributed by atoms with Crippen LogP contribution in [-0.4, -0.2) is 22.3 Å². The SMILES string of the molecule is Cc1ccc(CN2C(=O)CS/C2=C\C(=O)C(C)(C)C)cc1. The highest BCUT2D eigenvalue weighted by Crippen LogP contribution is 2.31. The molecule has 0 radical (unpaired) electrons. The number of thioether (sulfide) groups is 1. The smallest absolute Gasteiger partial charge is 0.238 e. The van der Waals surface area contributed by atoms with Crippen LogP contribution < -0.4 is 0 Å². The fourth-order valence-electron chi connectivity index (χ4n) is 1.90. The number of allylic oxidation sites excluding steroid dienone is 1. The maximum Gasteiger partial charge on any atom is 0.238 e. The van der Waals surface area contributed by atoms with Crippen molar-refractivity contribution >= 4 is 23.5 Å². The van der Waals surface area contributed by atoms with Gasteiger partial charge in [0.25, 0.3) is 0 Å². The summed E-state index contributed by atoms with van der Waals surface area (Å²) in [6.45, 7) is 8.22. The summed E-state index contributed by atoms with van der Waals surface area (Å²) in [5.41, 5.74) is 1.85. The van der Waals surface area contributed by atoms with Crippen LogP contribution in [0.25, 0.3) is 0 Å². The monoisotopic (exact) mass is 303 g/mol. The Balaban J connectivity index is 2.19. The first kappa shape index (κ1) is 15.8. The molecule has 1 aliphatic rings. The molecule has 0 bridgehead atoms. The van der Waals surface area contributed by atoms with Crippen molar-refractivity contribution in [3.8, 4) is 0 Å². The Labute approximate surface area is 130 Å². The van der Waals surface area contributed by atoms with Crippen molar-refractivity contribution in [3.05, 3.63) is 46.5 Å². The van der Waals surface area contributed by atoms with Crippen molar-refractivity contribution in [2.45, 2.75) is 34.2 Å². The summed E-state index contributed by atoms with van der Waals surface area (Å²) in [7, 11) is 0. The van der Waals surface area contributed by atoms with Crippen LogP contribution in [0.3, 0.4) is 0 Å². The summed E-state index contributed by atoms with van der Waals surface area (Å²) < 4.78 is 0. The molecule has 1 saturated heterocycles. The molecule has 0 aromatic heterocycles. The van der Waals surface area contributed by atoms with E-state index in [1.807, 2.05) is 52.0 Å². The van der Waals surface area contributed by atoms with Gasteiger partial charge in [0.15, 0.2) is 5.78 Å². The minimum Gasteiger partial charge on any atom is -0.301 e. The van der Waals surface area contributed by atoms with E-state index in [9.17, 15) is 9.59 Å². The summed E-state index contributed by atoms with van der Waals surface area (Å²) in [6, 6.07) is 8.11. The number of carbonyl (C=O) groups excluding carboxylic acids is 2. The van der Waals surface area contributed by atoms with Crippen molar-refractivity contribution in [2.24, 2.45) is 5.41 Å². The lowest BCUT2D eigenvalue weighted by atomic mass is 9.91. The first-order chi connectivity index (χ1) is 9.77. The van der Waals surface area contributed by atoms with Crippen LogP contribution in [0.15, 0.2) is 35.4 Å². The fourth-order valence-corrected chi connectivity index (χ4v) is 2.84. The Morgan fingerprint density at radius 1 is 1.29 bits per heavy atom. The Morgan fingerprint density at radius 2 is 1.90 bits per heavy atom. The largest absolute Gasteiger partial charge is 0.301 e. The summed E-state index contributed by atoms with van der Waals surface area (Å²) in [5.74, 6) is 0.525. The number of amides is 1. The molecular formula is C17H21NO2S. The van der Waals surface area contributed by atoms with Crippen LogP contribution >= 0.6 is 11.8 Å². The van der Waals surface area contributed by atoms with Crippen molar-refractivity contribution in [3.63, 3.8) is 0 Å². The molecule has 0 aliphatic carbocycles. The third-order valence-corrected chi connectivity index (χ3v) is 4.39. The summed E-state index contributed by atoms with van der Waals surface area (Å²) in [5, 5.41) is 0.764. The zero-order valence-corrected chi connectivity index (χ0v) is 13.8. The molecule has 1 fully saturated rings. The average molecular weight is 303 g/mol. The minimum absolute atomic E-state index is 0.0496. The van der Waals surface area contributed by atoms with Gasteiger partial charge in [0.05, 0.1) is 17.3 Å². The molecule has 4 heteroatoms. The van der Waals surface area contributed by atoms with Gasteiger partial charge in [0.2, 0.25) is 5.91 Å². The molecule has 0 atom stereocenters. The molecule has 3 nitrogen and oxygen atoms in total. The molecule has 0 saturated carbocycles. The van der Waals surface area contributed by atoms with E-state index in [2.05, 4.69) is 0 Å². The second kappa shape index (κ2) is 6.06. The highest BCUT2D eigenvalue weighted by atomic mass is 32.2. The molecule has 1 aromatic carbocycles. The van der Waals surface area contributed by atoms with E-state index in [0.29, 0.717) is 12.3 Å². The second-order valence-electron chi connectivity index (χ2n) is 6.35. The molecule has 0 spiro atoms. The highest BCUT2D eigenvalue weighted by molar-refractivity contribution is 8.04. The summed E-state index contributed by atoms with van der Waals surface area (Å²) >= 11 is 1.44. The fraction of sp³-hybridized carbons (Fsp3) is 0.412. The first-order valence-electron chi connectivity index (χ1n) is 7.02. The normalized spacial score (nSPS) is 17.6. The van der Waals surface area contributed by atoms with E-state index in [1.165, 1.54) is 17.3 Å². The number of rotatable bonds is 3. The van der Waals surface area contributed by atoms with Gasteiger partial charge in [-0.1, -0.05) is 62.4 Å². The maximum atomic E-state index is 12.1. The van der Waals surface area contributed by atoms with Crippen LogP contribution in [0.4, 0.5) is 0 Å². The van der Waals surface area contributed by atoms with Gasteiger partial charge < -0.3 is 4.90 Å². The molecule has 1 amide bonds. The van der Waals surface area contributed by atoms with Crippen LogP contribution in [0, 0.1) is 12.3 Å². The lowest BCUT2D eigenvalue weighted by Gasteiger charge is -2.19. The van der Waals surface area contributed by atoms with Gasteiger partial charge in [-0.3, -0.25) is 9.59 Å². The first-order valence-corrected chi connectivity index (χ1v) is 8.01. The average Bonchev–Trinajstić information content (AvgIpc) is 2.73. The lowest BCUT2D eigenvalue weighted by Crippen LogP contribution is -2.25. The van der Waals surface area contributed by atoms with Gasteiger partial charge in [-0.25, -0.2) is 0 Å². The van der Waals surface area contributed by atoms with Gasteiger partial charge >= 0.3 is 0 Å². The van der Waals surface area contributed by atoms with Gasteiger partial charge in [-0.05, 0) is 12.5 Å². The summed E-state index contributed by atoms with van der Waals surface area (Å²) in [6.07, 6.45) is 1.61. The van der Waals surface area contributed by atoms with E-state index >= 15 is 0 Å². The predicted octanol–water partition coefficient (Wildman–Crippen LogP) is 3.53. The van der Waals surface area contributed by atoms with E-state index in [-0.39, 0.29) is 11.7 Å². The standard InChI is InChI=1S/C17H21NO2S/c1-12-5-7-13(8-6-12)10-18-15(20)11-21-16(18)9-14(19)17(2,3)4/h5-9H,10-11H2,1-4H3/b16-9-. The second-order valence-corrected chi connectivity index (χ2v) is 7.35. The van der Waals surface area contributed by atoms with E-state index in [0.717, 1.165) is 10.6 Å². The maximum absolute atomic E-state index is 12.1. The molecular weight excluding hydrogens is 282 g/mol. The summed E-state index contributed by atoms with van der Waals surface area (Å²) in [4.78, 5) is 25.9. The quantitative estimate of drug-likeness (QED) is 0.802. The third kappa shape index (κ3) is 3.97. The van der Waals surface area contributed by atoms with Crippen molar-refractivity contribution in [1.82, 2.24) is 4.90 Å². The van der Waals surface area contributed by atoms with Crippen LogP contribution in [0.2, 0.25) is 0 Å². The Morgan fingerprint density at radius 3 is 2.48 bits per heavy atom. The molecule has 1 aromatic rings. The molecule has 21 heavy (non-hydrogen) atoms. The Bertz CT molecular complexity index is 582. The van der Waals surface area contributed by atoms with Gasteiger partial charge in [-0.15, -0.1) is 0 Å². The third-order valence-electron chi connectivity index (χ3n) is 3.37. The Hall–Kier alpha value is -1.55. The molecule has 0 N–H and O–H groups in total.